The second kappa shape index (κ2) is 5.58. The predicted molar refractivity (Wildman–Crippen MR) is 52.8 cm³/mol. The van der Waals surface area contributed by atoms with E-state index in [1.807, 2.05) is 0 Å². The van der Waals surface area contributed by atoms with Gasteiger partial charge < -0.3 is 9.84 Å². The summed E-state index contributed by atoms with van der Waals surface area (Å²) in [6, 6.07) is 0.579. The largest absolute Gasteiger partial charge is 0.393 e. The summed E-state index contributed by atoms with van der Waals surface area (Å²) in [5.41, 5.74) is 0. The van der Waals surface area contributed by atoms with E-state index in [4.69, 9.17) is 4.74 Å². The van der Waals surface area contributed by atoms with E-state index in [9.17, 15) is 5.11 Å². The highest BCUT2D eigenvalue weighted by molar-refractivity contribution is 4.81. The van der Waals surface area contributed by atoms with Crippen molar-refractivity contribution in [1.82, 2.24) is 4.90 Å². The third-order valence-corrected chi connectivity index (χ3v) is 2.88. The first kappa shape index (κ1) is 11.0. The molecule has 0 aromatic rings. The fourth-order valence-corrected chi connectivity index (χ4v) is 2.07. The van der Waals surface area contributed by atoms with Gasteiger partial charge in [0.25, 0.3) is 0 Å². The monoisotopic (exact) mass is 187 g/mol. The quantitative estimate of drug-likeness (QED) is 0.693. The second-order valence-corrected chi connectivity index (χ2v) is 3.74. The van der Waals surface area contributed by atoms with E-state index in [2.05, 4.69) is 11.8 Å². The molecular weight excluding hydrogens is 166 g/mol. The molecule has 0 bridgehead atoms. The van der Waals surface area contributed by atoms with Crippen molar-refractivity contribution in [3.63, 3.8) is 0 Å². The van der Waals surface area contributed by atoms with E-state index in [1.54, 1.807) is 7.11 Å². The van der Waals surface area contributed by atoms with Crippen LogP contribution in [0.3, 0.4) is 0 Å². The average molecular weight is 187 g/mol. The lowest BCUT2D eigenvalue weighted by atomic mass is 10.2. The molecule has 13 heavy (non-hydrogen) atoms. The summed E-state index contributed by atoms with van der Waals surface area (Å²) in [6.45, 7) is 5.01. The highest BCUT2D eigenvalue weighted by Gasteiger charge is 2.26. The third-order valence-electron chi connectivity index (χ3n) is 2.88. The molecule has 0 spiro atoms. The fraction of sp³-hybridized carbons (Fsp3) is 1.00. The van der Waals surface area contributed by atoms with Crippen LogP contribution in [0.5, 0.6) is 0 Å². The summed E-state index contributed by atoms with van der Waals surface area (Å²) >= 11 is 0. The van der Waals surface area contributed by atoms with Crippen molar-refractivity contribution in [2.45, 2.75) is 38.3 Å². The van der Waals surface area contributed by atoms with Crippen LogP contribution in [0.1, 0.15) is 26.2 Å². The van der Waals surface area contributed by atoms with Gasteiger partial charge in [-0.15, -0.1) is 0 Å². The van der Waals surface area contributed by atoms with Crippen LogP contribution < -0.4 is 0 Å². The van der Waals surface area contributed by atoms with Crippen LogP contribution in [0.25, 0.3) is 0 Å². The molecule has 1 saturated carbocycles. The van der Waals surface area contributed by atoms with Crippen molar-refractivity contribution in [3.05, 3.63) is 0 Å². The van der Waals surface area contributed by atoms with Crippen LogP contribution in [0, 0.1) is 0 Å². The Morgan fingerprint density at radius 3 is 2.69 bits per heavy atom. The van der Waals surface area contributed by atoms with Crippen molar-refractivity contribution in [3.8, 4) is 0 Å². The van der Waals surface area contributed by atoms with Crippen LogP contribution in [-0.4, -0.2) is 49.0 Å². The molecule has 0 heterocycles. The lowest BCUT2D eigenvalue weighted by molar-refractivity contribution is 0.114. The number of aliphatic hydroxyl groups is 1. The minimum Gasteiger partial charge on any atom is -0.393 e. The molecule has 0 aromatic carbocycles. The maximum Gasteiger partial charge on any atom is 0.0589 e. The molecule has 0 amide bonds. The summed E-state index contributed by atoms with van der Waals surface area (Å²) in [5, 5.41) is 9.41. The molecule has 1 aliphatic carbocycles. The number of methoxy groups -OCH3 is 1. The van der Waals surface area contributed by atoms with E-state index in [0.29, 0.717) is 6.04 Å². The van der Waals surface area contributed by atoms with Crippen LogP contribution in [-0.2, 0) is 4.74 Å². The van der Waals surface area contributed by atoms with Gasteiger partial charge in [-0.05, 0) is 25.8 Å². The summed E-state index contributed by atoms with van der Waals surface area (Å²) in [5.74, 6) is 0. The molecule has 0 radical (unpaired) electrons. The molecule has 0 aromatic heterocycles. The Morgan fingerprint density at radius 2 is 2.23 bits per heavy atom. The topological polar surface area (TPSA) is 32.7 Å². The maximum absolute atomic E-state index is 9.41. The second-order valence-electron chi connectivity index (χ2n) is 3.74. The number of aliphatic hydroxyl groups excluding tert-OH is 1. The Kier molecular flexibility index (Phi) is 4.70. The highest BCUT2D eigenvalue weighted by atomic mass is 16.5. The Morgan fingerprint density at radius 1 is 1.46 bits per heavy atom. The molecule has 1 N–H and O–H groups in total. The Labute approximate surface area is 80.7 Å². The fourth-order valence-electron chi connectivity index (χ4n) is 2.07. The lowest BCUT2D eigenvalue weighted by Gasteiger charge is -2.26. The molecule has 1 fully saturated rings. The normalized spacial score (nSPS) is 28.6. The molecular formula is C10H21NO2. The van der Waals surface area contributed by atoms with E-state index in [0.717, 1.165) is 39.0 Å². The Balaban J connectivity index is 2.29. The maximum atomic E-state index is 9.41. The van der Waals surface area contributed by atoms with Gasteiger partial charge in [-0.3, -0.25) is 4.90 Å². The average Bonchev–Trinajstić information content (AvgIpc) is 2.54. The number of likely N-dealkylation sites (N-methyl/N-ethyl adjacent to an activating group) is 1. The molecule has 1 aliphatic rings. The van der Waals surface area contributed by atoms with Gasteiger partial charge in [-0.1, -0.05) is 6.92 Å². The van der Waals surface area contributed by atoms with Gasteiger partial charge in [0.2, 0.25) is 0 Å². The van der Waals surface area contributed by atoms with Crippen molar-refractivity contribution >= 4 is 0 Å². The minimum atomic E-state index is -0.0680. The van der Waals surface area contributed by atoms with Gasteiger partial charge >= 0.3 is 0 Å². The molecule has 3 heteroatoms. The lowest BCUT2D eigenvalue weighted by Crippen LogP contribution is -2.36. The van der Waals surface area contributed by atoms with Gasteiger partial charge in [0.1, 0.15) is 0 Å². The smallest absolute Gasteiger partial charge is 0.0589 e. The van der Waals surface area contributed by atoms with E-state index >= 15 is 0 Å². The predicted octanol–water partition coefficient (Wildman–Crippen LogP) is 0.868. The first-order valence-corrected chi connectivity index (χ1v) is 5.19. The highest BCUT2D eigenvalue weighted by Crippen LogP contribution is 2.23. The van der Waals surface area contributed by atoms with Gasteiger partial charge in [-0.2, -0.15) is 0 Å². The molecule has 0 aliphatic heterocycles. The van der Waals surface area contributed by atoms with E-state index in [-0.39, 0.29) is 6.10 Å². The van der Waals surface area contributed by atoms with Crippen LogP contribution in [0.15, 0.2) is 0 Å². The number of hydrogen-bond acceptors (Lipinski definition) is 3. The number of hydrogen-bond donors (Lipinski definition) is 1. The summed E-state index contributed by atoms with van der Waals surface area (Å²) in [6.07, 6.45) is 2.98. The zero-order chi connectivity index (χ0) is 9.68. The van der Waals surface area contributed by atoms with Crippen molar-refractivity contribution in [1.29, 1.82) is 0 Å². The minimum absolute atomic E-state index is 0.0680. The molecule has 3 nitrogen and oxygen atoms in total. The van der Waals surface area contributed by atoms with Crippen LogP contribution >= 0.6 is 0 Å². The molecule has 78 valence electrons. The summed E-state index contributed by atoms with van der Waals surface area (Å²) < 4.78 is 5.06. The van der Waals surface area contributed by atoms with Gasteiger partial charge in [0.15, 0.2) is 0 Å². The van der Waals surface area contributed by atoms with Gasteiger partial charge in [-0.25, -0.2) is 0 Å². The van der Waals surface area contributed by atoms with Crippen molar-refractivity contribution in [2.75, 3.05) is 26.8 Å². The number of rotatable bonds is 5. The number of nitrogens with zero attached hydrogens (tertiary/aromatic N) is 1. The van der Waals surface area contributed by atoms with Crippen molar-refractivity contribution < 1.29 is 9.84 Å². The first-order chi connectivity index (χ1) is 6.27. The first-order valence-electron chi connectivity index (χ1n) is 5.19. The Hall–Kier alpha value is -0.120. The standard InChI is InChI=1S/C10H21NO2/c1-3-11(6-7-13-2)9-4-5-10(12)8-9/h9-10,12H,3-8H2,1-2H3. The van der Waals surface area contributed by atoms with Crippen molar-refractivity contribution in [2.24, 2.45) is 0 Å². The summed E-state index contributed by atoms with van der Waals surface area (Å²) in [4.78, 5) is 2.40. The van der Waals surface area contributed by atoms with Crippen LogP contribution in [0.4, 0.5) is 0 Å². The van der Waals surface area contributed by atoms with E-state index in [1.165, 1.54) is 0 Å². The third kappa shape index (κ3) is 3.25. The number of ether oxygens (including phenoxy) is 1. The molecule has 2 atom stereocenters. The van der Waals surface area contributed by atoms with Crippen LogP contribution in [0.2, 0.25) is 0 Å². The molecule has 2 unspecified atom stereocenters. The summed E-state index contributed by atoms with van der Waals surface area (Å²) in [7, 11) is 1.73. The van der Waals surface area contributed by atoms with Gasteiger partial charge in [0, 0.05) is 19.7 Å². The zero-order valence-electron chi connectivity index (χ0n) is 8.70. The SMILES string of the molecule is CCN(CCOC)C1CCC(O)C1. The molecule has 1 rings (SSSR count). The Bertz CT molecular complexity index is 141. The van der Waals surface area contributed by atoms with E-state index < -0.39 is 0 Å². The zero-order valence-corrected chi connectivity index (χ0v) is 8.70. The van der Waals surface area contributed by atoms with Gasteiger partial charge in [0.05, 0.1) is 12.7 Å². The molecule has 0 saturated heterocycles.